The maximum absolute atomic E-state index is 10.9. The van der Waals surface area contributed by atoms with Gasteiger partial charge in [-0.05, 0) is 62.4 Å². The lowest BCUT2D eigenvalue weighted by molar-refractivity contribution is -0.154. The number of nitrogens with one attached hydrogen (secondary N) is 1. The lowest BCUT2D eigenvalue weighted by atomic mass is 9.82. The fourth-order valence-corrected chi connectivity index (χ4v) is 4.34. The Kier molecular flexibility index (Phi) is 4.90. The summed E-state index contributed by atoms with van der Waals surface area (Å²) in [6, 6.07) is 10.3. The third-order valence-electron chi connectivity index (χ3n) is 6.25. The van der Waals surface area contributed by atoms with Crippen molar-refractivity contribution in [3.05, 3.63) is 42.1 Å². The van der Waals surface area contributed by atoms with Gasteiger partial charge in [-0.15, -0.1) is 0 Å². The monoisotopic (exact) mass is 406 g/mol. The second-order valence-electron chi connectivity index (χ2n) is 8.46. The molecule has 0 unspecified atom stereocenters. The molecule has 0 radical (unpaired) electrons. The minimum atomic E-state index is -0.697. The Labute approximate surface area is 175 Å². The number of H-pyrrole nitrogens is 1. The molecule has 156 valence electrons. The maximum atomic E-state index is 10.9. The molecule has 7 nitrogen and oxygen atoms in total. The van der Waals surface area contributed by atoms with Crippen LogP contribution in [0.25, 0.3) is 22.4 Å². The molecule has 0 spiro atoms. The van der Waals surface area contributed by atoms with Gasteiger partial charge < -0.3 is 19.7 Å². The number of carbonyl (C=O) groups is 1. The quantitative estimate of drug-likeness (QED) is 0.670. The van der Waals surface area contributed by atoms with Crippen molar-refractivity contribution in [2.45, 2.75) is 44.8 Å². The molecule has 0 amide bonds. The first kappa shape index (κ1) is 19.1. The average Bonchev–Trinajstić information content (AvgIpc) is 3.14. The highest BCUT2D eigenvalue weighted by atomic mass is 16.5. The van der Waals surface area contributed by atoms with Crippen LogP contribution in [0.5, 0.6) is 0 Å². The molecular weight excluding hydrogens is 380 g/mol. The zero-order valence-corrected chi connectivity index (χ0v) is 17.0. The molecule has 3 heterocycles. The predicted molar refractivity (Wildman–Crippen MR) is 115 cm³/mol. The average molecular weight is 406 g/mol. The molecule has 1 saturated carbocycles. The molecule has 0 bridgehead atoms. The van der Waals surface area contributed by atoms with Crippen LogP contribution in [0.1, 0.15) is 31.2 Å². The van der Waals surface area contributed by atoms with E-state index < -0.39 is 5.97 Å². The number of nitrogens with zero attached hydrogens (tertiary/aromatic N) is 3. The second-order valence-corrected chi connectivity index (χ2v) is 8.46. The number of piperidine rings is 1. The van der Waals surface area contributed by atoms with Crippen LogP contribution in [0.2, 0.25) is 0 Å². The van der Waals surface area contributed by atoms with Crippen LogP contribution in [-0.2, 0) is 9.53 Å². The lowest BCUT2D eigenvalue weighted by Gasteiger charge is -2.38. The SMILES string of the molecule is Cc1ccc2nc(-c3ccc(N4CCC(OC5CC(C(=O)O)C5)CC4)nc3)[nH]c2c1. The summed E-state index contributed by atoms with van der Waals surface area (Å²) in [6.45, 7) is 3.87. The van der Waals surface area contributed by atoms with Crippen molar-refractivity contribution in [1.29, 1.82) is 0 Å². The van der Waals surface area contributed by atoms with E-state index in [9.17, 15) is 4.79 Å². The summed E-state index contributed by atoms with van der Waals surface area (Å²) >= 11 is 0. The van der Waals surface area contributed by atoms with E-state index in [2.05, 4.69) is 51.0 Å². The Morgan fingerprint density at radius 2 is 1.97 bits per heavy atom. The van der Waals surface area contributed by atoms with Crippen LogP contribution in [0.4, 0.5) is 5.82 Å². The highest BCUT2D eigenvalue weighted by Gasteiger charge is 2.37. The van der Waals surface area contributed by atoms with Crippen molar-refractivity contribution in [1.82, 2.24) is 15.0 Å². The minimum absolute atomic E-state index is 0.118. The number of ether oxygens (including phenoxy) is 1. The fourth-order valence-electron chi connectivity index (χ4n) is 4.34. The highest BCUT2D eigenvalue weighted by Crippen LogP contribution is 2.33. The number of anilines is 1. The normalized spacial score (nSPS) is 22.2. The number of pyridine rings is 1. The van der Waals surface area contributed by atoms with Crippen molar-refractivity contribution < 1.29 is 14.6 Å². The van der Waals surface area contributed by atoms with Gasteiger partial charge in [0.1, 0.15) is 11.6 Å². The molecule has 5 rings (SSSR count). The van der Waals surface area contributed by atoms with Gasteiger partial charge in [0.25, 0.3) is 0 Å². The van der Waals surface area contributed by atoms with E-state index in [4.69, 9.17) is 9.84 Å². The zero-order chi connectivity index (χ0) is 20.7. The summed E-state index contributed by atoms with van der Waals surface area (Å²) in [7, 11) is 0. The van der Waals surface area contributed by atoms with Gasteiger partial charge in [0, 0.05) is 24.8 Å². The van der Waals surface area contributed by atoms with E-state index >= 15 is 0 Å². The summed E-state index contributed by atoms with van der Waals surface area (Å²) in [5, 5.41) is 8.98. The maximum Gasteiger partial charge on any atom is 0.306 e. The molecule has 1 aliphatic carbocycles. The minimum Gasteiger partial charge on any atom is -0.481 e. The number of aryl methyl sites for hydroxylation is 1. The van der Waals surface area contributed by atoms with Crippen molar-refractivity contribution in [2.75, 3.05) is 18.0 Å². The van der Waals surface area contributed by atoms with Crippen molar-refractivity contribution >= 4 is 22.8 Å². The molecule has 1 aromatic carbocycles. The molecule has 1 saturated heterocycles. The van der Waals surface area contributed by atoms with Gasteiger partial charge in [-0.3, -0.25) is 4.79 Å². The van der Waals surface area contributed by atoms with Crippen molar-refractivity contribution in [2.24, 2.45) is 5.92 Å². The summed E-state index contributed by atoms with van der Waals surface area (Å²) in [4.78, 5) is 25.9. The largest absolute Gasteiger partial charge is 0.481 e. The Morgan fingerprint density at radius 3 is 2.67 bits per heavy atom. The summed E-state index contributed by atoms with van der Waals surface area (Å²) in [5.74, 6) is 0.895. The Balaban J connectivity index is 1.18. The number of imidazole rings is 1. The van der Waals surface area contributed by atoms with E-state index in [1.54, 1.807) is 0 Å². The summed E-state index contributed by atoms with van der Waals surface area (Å²) in [5.41, 5.74) is 4.18. The van der Waals surface area contributed by atoms with E-state index in [1.165, 1.54) is 5.56 Å². The molecule has 30 heavy (non-hydrogen) atoms. The lowest BCUT2D eigenvalue weighted by Crippen LogP contribution is -2.43. The van der Waals surface area contributed by atoms with Gasteiger partial charge in [-0.2, -0.15) is 0 Å². The van der Waals surface area contributed by atoms with Crippen LogP contribution in [-0.4, -0.2) is 51.3 Å². The van der Waals surface area contributed by atoms with Crippen molar-refractivity contribution in [3.63, 3.8) is 0 Å². The summed E-state index contributed by atoms with van der Waals surface area (Å²) in [6.07, 6.45) is 5.41. The van der Waals surface area contributed by atoms with Crippen LogP contribution in [0.15, 0.2) is 36.5 Å². The molecule has 0 atom stereocenters. The molecule has 1 aliphatic heterocycles. The number of hydrogen-bond donors (Lipinski definition) is 2. The van der Waals surface area contributed by atoms with Gasteiger partial charge in [0.05, 0.1) is 29.2 Å². The number of benzene rings is 1. The molecule has 2 aromatic heterocycles. The molecule has 7 heteroatoms. The molecule has 2 aliphatic rings. The van der Waals surface area contributed by atoms with Crippen LogP contribution < -0.4 is 4.90 Å². The van der Waals surface area contributed by atoms with Gasteiger partial charge in [-0.25, -0.2) is 9.97 Å². The van der Waals surface area contributed by atoms with E-state index in [-0.39, 0.29) is 18.1 Å². The van der Waals surface area contributed by atoms with Gasteiger partial charge in [-0.1, -0.05) is 6.07 Å². The van der Waals surface area contributed by atoms with Gasteiger partial charge in [0.15, 0.2) is 0 Å². The first-order valence-corrected chi connectivity index (χ1v) is 10.6. The number of hydrogen-bond acceptors (Lipinski definition) is 5. The van der Waals surface area contributed by atoms with Crippen LogP contribution in [0, 0.1) is 12.8 Å². The first-order chi connectivity index (χ1) is 14.5. The van der Waals surface area contributed by atoms with E-state index in [1.807, 2.05) is 12.3 Å². The number of aromatic nitrogens is 3. The standard InChI is InChI=1S/C23H26N4O3/c1-14-2-4-19-20(10-14)26-22(25-19)15-3-5-21(24-13-15)27-8-6-17(7-9-27)30-18-11-16(12-18)23(28)29/h2-5,10,13,16-18H,6-9,11-12H2,1H3,(H,25,26)(H,28,29). The predicted octanol–water partition coefficient (Wildman–Crippen LogP) is 3.78. The second kappa shape index (κ2) is 7.72. The number of aliphatic carboxylic acids is 1. The van der Waals surface area contributed by atoms with Crippen LogP contribution >= 0.6 is 0 Å². The number of carboxylic acids is 1. The number of rotatable bonds is 5. The third-order valence-corrected chi connectivity index (χ3v) is 6.25. The number of fused-ring (bicyclic) bond motifs is 1. The smallest absolute Gasteiger partial charge is 0.306 e. The molecule has 3 aromatic rings. The number of aromatic amines is 1. The van der Waals surface area contributed by atoms with E-state index in [0.717, 1.165) is 54.2 Å². The molecule has 2 N–H and O–H groups in total. The zero-order valence-electron chi connectivity index (χ0n) is 17.0. The summed E-state index contributed by atoms with van der Waals surface area (Å²) < 4.78 is 6.08. The molecular formula is C23H26N4O3. The van der Waals surface area contributed by atoms with Gasteiger partial charge in [0.2, 0.25) is 0 Å². The van der Waals surface area contributed by atoms with E-state index in [0.29, 0.717) is 12.8 Å². The Bertz CT molecular complexity index is 1050. The Morgan fingerprint density at radius 1 is 1.17 bits per heavy atom. The van der Waals surface area contributed by atoms with Crippen molar-refractivity contribution in [3.8, 4) is 11.4 Å². The third kappa shape index (κ3) is 3.77. The van der Waals surface area contributed by atoms with Crippen LogP contribution in [0.3, 0.4) is 0 Å². The Hall–Kier alpha value is -2.93. The fraction of sp³-hybridized carbons (Fsp3) is 0.435. The first-order valence-electron chi connectivity index (χ1n) is 10.6. The van der Waals surface area contributed by atoms with Gasteiger partial charge >= 0.3 is 5.97 Å². The molecule has 2 fully saturated rings. The number of carboxylic acid groups (broad SMARTS) is 1. The highest BCUT2D eigenvalue weighted by molar-refractivity contribution is 5.80. The topological polar surface area (TPSA) is 91.3 Å².